The van der Waals surface area contributed by atoms with E-state index < -0.39 is 16.9 Å². The molecule has 3 amide bonds. The first-order valence-corrected chi connectivity index (χ1v) is 14.1. The number of nitro benzene ring substituents is 1. The third kappa shape index (κ3) is 9.32. The summed E-state index contributed by atoms with van der Waals surface area (Å²) >= 11 is 0. The molecule has 9 nitrogen and oxygen atoms in total. The van der Waals surface area contributed by atoms with Crippen LogP contribution in [0.25, 0.3) is 6.08 Å². The maximum absolute atomic E-state index is 13.6. The van der Waals surface area contributed by atoms with Crippen LogP contribution in [0, 0.1) is 10.1 Å². The summed E-state index contributed by atoms with van der Waals surface area (Å²) in [5.41, 5.74) is 1.52. The molecule has 214 valence electrons. The van der Waals surface area contributed by atoms with E-state index in [4.69, 9.17) is 0 Å². The number of nitrogens with zero attached hydrogens (tertiary/aromatic N) is 3. The van der Waals surface area contributed by atoms with Crippen LogP contribution in [0.1, 0.15) is 63.5 Å². The van der Waals surface area contributed by atoms with E-state index in [1.807, 2.05) is 42.2 Å². The molecule has 2 aromatic carbocycles. The van der Waals surface area contributed by atoms with Crippen molar-refractivity contribution >= 4 is 29.5 Å². The van der Waals surface area contributed by atoms with Crippen LogP contribution in [0.3, 0.4) is 0 Å². The SMILES string of the molecule is CCCCCCCC(=O)N1CCN(C(=O)[C@@H](Cc2ccccc2)NC(=O)/C=C/c2ccc([N+](=O)[O-])cc2)C[C@@H]1C. The Morgan fingerprint density at radius 2 is 1.73 bits per heavy atom. The molecule has 1 N–H and O–H groups in total. The van der Waals surface area contributed by atoms with E-state index in [1.165, 1.54) is 31.1 Å². The summed E-state index contributed by atoms with van der Waals surface area (Å²) in [7, 11) is 0. The van der Waals surface area contributed by atoms with Gasteiger partial charge in [0.25, 0.3) is 5.69 Å². The highest BCUT2D eigenvalue weighted by Gasteiger charge is 2.33. The summed E-state index contributed by atoms with van der Waals surface area (Å²) in [6.07, 6.45) is 9.22. The minimum absolute atomic E-state index is 0.0295. The number of nitrogens with one attached hydrogen (secondary N) is 1. The topological polar surface area (TPSA) is 113 Å². The molecule has 2 atom stereocenters. The lowest BCUT2D eigenvalue weighted by molar-refractivity contribution is -0.384. The van der Waals surface area contributed by atoms with Gasteiger partial charge < -0.3 is 15.1 Å². The number of amides is 3. The summed E-state index contributed by atoms with van der Waals surface area (Å²) < 4.78 is 0. The molecule has 3 rings (SSSR count). The van der Waals surface area contributed by atoms with Gasteiger partial charge in [0.05, 0.1) is 4.92 Å². The van der Waals surface area contributed by atoms with E-state index in [2.05, 4.69) is 12.2 Å². The fourth-order valence-electron chi connectivity index (χ4n) is 4.92. The minimum atomic E-state index is -0.774. The molecule has 1 aliphatic heterocycles. The Bertz CT molecular complexity index is 1170. The van der Waals surface area contributed by atoms with E-state index in [9.17, 15) is 24.5 Å². The number of hydrogen-bond donors (Lipinski definition) is 1. The Kier molecular flexibility index (Phi) is 11.9. The van der Waals surface area contributed by atoms with Crippen molar-refractivity contribution in [2.24, 2.45) is 0 Å². The van der Waals surface area contributed by atoms with E-state index in [0.717, 1.165) is 24.8 Å². The molecule has 0 saturated carbocycles. The lowest BCUT2D eigenvalue weighted by Gasteiger charge is -2.41. The van der Waals surface area contributed by atoms with Crippen LogP contribution < -0.4 is 5.32 Å². The molecular weight excluding hydrogens is 508 g/mol. The number of rotatable bonds is 13. The highest BCUT2D eigenvalue weighted by molar-refractivity contribution is 5.95. The van der Waals surface area contributed by atoms with Gasteiger partial charge in [0.15, 0.2) is 0 Å². The van der Waals surface area contributed by atoms with Crippen LogP contribution in [-0.4, -0.2) is 64.2 Å². The summed E-state index contributed by atoms with van der Waals surface area (Å²) in [6.45, 7) is 5.45. The van der Waals surface area contributed by atoms with Gasteiger partial charge in [0.2, 0.25) is 17.7 Å². The maximum Gasteiger partial charge on any atom is 0.269 e. The first-order valence-electron chi connectivity index (χ1n) is 14.1. The molecule has 0 radical (unpaired) electrons. The number of nitro groups is 1. The van der Waals surface area contributed by atoms with E-state index in [0.29, 0.717) is 38.0 Å². The molecule has 9 heteroatoms. The minimum Gasteiger partial charge on any atom is -0.340 e. The van der Waals surface area contributed by atoms with Gasteiger partial charge in [-0.3, -0.25) is 24.5 Å². The molecule has 0 spiro atoms. The molecule has 1 fully saturated rings. The van der Waals surface area contributed by atoms with Crippen molar-refractivity contribution < 1.29 is 19.3 Å². The first-order chi connectivity index (χ1) is 19.3. The normalized spacial score (nSPS) is 16.1. The summed E-state index contributed by atoms with van der Waals surface area (Å²) in [6, 6.07) is 14.5. The van der Waals surface area contributed by atoms with Crippen LogP contribution in [0.15, 0.2) is 60.7 Å². The maximum atomic E-state index is 13.6. The second-order valence-corrected chi connectivity index (χ2v) is 10.3. The Labute approximate surface area is 236 Å². The van der Waals surface area contributed by atoms with E-state index >= 15 is 0 Å². The lowest BCUT2D eigenvalue weighted by atomic mass is 10.0. The van der Waals surface area contributed by atoms with Gasteiger partial charge in [-0.05, 0) is 42.7 Å². The number of carbonyl (C=O) groups excluding carboxylic acids is 3. The zero-order chi connectivity index (χ0) is 28.9. The Hall–Kier alpha value is -4.01. The standard InChI is InChI=1S/C31H40N4O5/c1-3-4-5-6-10-13-30(37)34-21-20-33(23-24(34)2)31(38)28(22-26-11-8-7-9-12-26)32-29(36)19-16-25-14-17-27(18-15-25)35(39)40/h7-9,11-12,14-19,24,28H,3-6,10,13,20-23H2,1-2H3,(H,32,36)/b19-16+/t24-,28+/m0/s1. The van der Waals surface area contributed by atoms with Gasteiger partial charge >= 0.3 is 0 Å². The molecule has 0 unspecified atom stereocenters. The largest absolute Gasteiger partial charge is 0.340 e. The molecule has 2 aromatic rings. The first kappa shape index (κ1) is 30.5. The average molecular weight is 549 g/mol. The molecule has 1 aliphatic rings. The molecule has 0 bridgehead atoms. The van der Waals surface area contributed by atoms with Gasteiger partial charge in [0.1, 0.15) is 6.04 Å². The second-order valence-electron chi connectivity index (χ2n) is 10.3. The van der Waals surface area contributed by atoms with E-state index in [-0.39, 0.29) is 23.5 Å². The molecule has 0 aromatic heterocycles. The monoisotopic (exact) mass is 548 g/mol. The highest BCUT2D eigenvalue weighted by Crippen LogP contribution is 2.16. The Morgan fingerprint density at radius 3 is 2.38 bits per heavy atom. The zero-order valence-corrected chi connectivity index (χ0v) is 23.5. The van der Waals surface area contributed by atoms with Crippen molar-refractivity contribution in [3.63, 3.8) is 0 Å². The van der Waals surface area contributed by atoms with Gasteiger partial charge in [-0.15, -0.1) is 0 Å². The fourth-order valence-corrected chi connectivity index (χ4v) is 4.92. The third-order valence-electron chi connectivity index (χ3n) is 7.18. The quantitative estimate of drug-likeness (QED) is 0.168. The van der Waals surface area contributed by atoms with Crippen LogP contribution in [0.4, 0.5) is 5.69 Å². The molecule has 0 aliphatic carbocycles. The fraction of sp³-hybridized carbons (Fsp3) is 0.452. The highest BCUT2D eigenvalue weighted by atomic mass is 16.6. The van der Waals surface area contributed by atoms with Crippen LogP contribution in [0.2, 0.25) is 0 Å². The van der Waals surface area contributed by atoms with Gasteiger partial charge in [-0.2, -0.15) is 0 Å². The van der Waals surface area contributed by atoms with Crippen LogP contribution >= 0.6 is 0 Å². The van der Waals surface area contributed by atoms with Crippen molar-refractivity contribution in [2.45, 2.75) is 70.9 Å². The number of hydrogen-bond acceptors (Lipinski definition) is 5. The predicted molar refractivity (Wildman–Crippen MR) is 155 cm³/mol. The smallest absolute Gasteiger partial charge is 0.269 e. The number of unbranched alkanes of at least 4 members (excludes halogenated alkanes) is 4. The number of carbonyl (C=O) groups is 3. The van der Waals surface area contributed by atoms with Gasteiger partial charge in [-0.25, -0.2) is 0 Å². The number of non-ortho nitro benzene ring substituents is 1. The summed E-state index contributed by atoms with van der Waals surface area (Å²) in [4.78, 5) is 53.2. The van der Waals surface area contributed by atoms with Crippen LogP contribution in [0.5, 0.6) is 0 Å². The van der Waals surface area contributed by atoms with Crippen molar-refractivity contribution in [1.29, 1.82) is 0 Å². The van der Waals surface area contributed by atoms with E-state index in [1.54, 1.807) is 23.1 Å². The second kappa shape index (κ2) is 15.5. The molecule has 40 heavy (non-hydrogen) atoms. The number of benzene rings is 2. The zero-order valence-electron chi connectivity index (χ0n) is 23.5. The van der Waals surface area contributed by atoms with Crippen molar-refractivity contribution in [3.05, 3.63) is 81.9 Å². The molecular formula is C31H40N4O5. The van der Waals surface area contributed by atoms with Crippen molar-refractivity contribution in [3.8, 4) is 0 Å². The Morgan fingerprint density at radius 1 is 1.02 bits per heavy atom. The molecule has 1 heterocycles. The third-order valence-corrected chi connectivity index (χ3v) is 7.18. The van der Waals surface area contributed by atoms with Crippen molar-refractivity contribution in [1.82, 2.24) is 15.1 Å². The van der Waals surface area contributed by atoms with Gasteiger partial charge in [0, 0.05) is 56.7 Å². The lowest BCUT2D eigenvalue weighted by Crippen LogP contribution is -2.59. The number of piperazine rings is 1. The average Bonchev–Trinajstić information content (AvgIpc) is 2.95. The van der Waals surface area contributed by atoms with Crippen LogP contribution in [-0.2, 0) is 20.8 Å². The Balaban J connectivity index is 1.62. The van der Waals surface area contributed by atoms with Crippen molar-refractivity contribution in [2.75, 3.05) is 19.6 Å². The predicted octanol–water partition coefficient (Wildman–Crippen LogP) is 4.76. The summed E-state index contributed by atoms with van der Waals surface area (Å²) in [5, 5.41) is 13.7. The molecule has 1 saturated heterocycles. The van der Waals surface area contributed by atoms with Gasteiger partial charge in [-0.1, -0.05) is 62.9 Å². The summed E-state index contributed by atoms with van der Waals surface area (Å²) in [5.74, 6) is -0.473.